The SMILES string of the molecule is CCC1CC=CC=C1COC. The number of rotatable bonds is 3. The van der Waals surface area contributed by atoms with Gasteiger partial charge in [0.25, 0.3) is 0 Å². The van der Waals surface area contributed by atoms with Crippen molar-refractivity contribution in [2.24, 2.45) is 5.92 Å². The molecule has 1 nitrogen and oxygen atoms in total. The van der Waals surface area contributed by atoms with Crippen molar-refractivity contribution in [1.82, 2.24) is 0 Å². The van der Waals surface area contributed by atoms with E-state index < -0.39 is 0 Å². The molecule has 0 saturated carbocycles. The molecule has 0 fully saturated rings. The summed E-state index contributed by atoms with van der Waals surface area (Å²) < 4.78 is 5.11. The van der Waals surface area contributed by atoms with Gasteiger partial charge in [0.2, 0.25) is 0 Å². The molecule has 1 aliphatic carbocycles. The molecule has 1 unspecified atom stereocenters. The Kier molecular flexibility index (Phi) is 3.37. The molecular formula is C10H16O. The molecule has 11 heavy (non-hydrogen) atoms. The van der Waals surface area contributed by atoms with Crippen molar-refractivity contribution in [3.63, 3.8) is 0 Å². The molecule has 1 heteroatoms. The smallest absolute Gasteiger partial charge is 0.0678 e. The first kappa shape index (κ1) is 8.54. The highest BCUT2D eigenvalue weighted by molar-refractivity contribution is 5.21. The second kappa shape index (κ2) is 4.35. The van der Waals surface area contributed by atoms with E-state index in [1.807, 2.05) is 0 Å². The molecule has 1 rings (SSSR count). The molecule has 0 radical (unpaired) electrons. The Morgan fingerprint density at radius 1 is 1.64 bits per heavy atom. The first-order valence-electron chi connectivity index (χ1n) is 4.23. The number of hydrogen-bond donors (Lipinski definition) is 0. The molecule has 0 N–H and O–H groups in total. The molecule has 0 bridgehead atoms. The zero-order chi connectivity index (χ0) is 8.10. The van der Waals surface area contributed by atoms with Gasteiger partial charge in [0.1, 0.15) is 0 Å². The fourth-order valence-electron chi connectivity index (χ4n) is 1.48. The van der Waals surface area contributed by atoms with Crippen LogP contribution in [0.3, 0.4) is 0 Å². The van der Waals surface area contributed by atoms with Gasteiger partial charge in [0.05, 0.1) is 6.61 Å². The van der Waals surface area contributed by atoms with E-state index in [-0.39, 0.29) is 0 Å². The molecular weight excluding hydrogens is 136 g/mol. The van der Waals surface area contributed by atoms with Gasteiger partial charge >= 0.3 is 0 Å². The number of methoxy groups -OCH3 is 1. The van der Waals surface area contributed by atoms with Crippen LogP contribution in [0.2, 0.25) is 0 Å². The standard InChI is InChI=1S/C10H16O/c1-3-9-6-4-5-7-10(9)8-11-2/h4-5,7,9H,3,6,8H2,1-2H3. The van der Waals surface area contributed by atoms with Crippen LogP contribution in [-0.4, -0.2) is 13.7 Å². The Balaban J connectivity index is 2.55. The summed E-state index contributed by atoms with van der Waals surface area (Å²) in [5.74, 6) is 0.722. The molecule has 1 atom stereocenters. The Morgan fingerprint density at radius 2 is 2.45 bits per heavy atom. The van der Waals surface area contributed by atoms with Crippen LogP contribution in [0.25, 0.3) is 0 Å². The van der Waals surface area contributed by atoms with Crippen LogP contribution in [0.1, 0.15) is 19.8 Å². The lowest BCUT2D eigenvalue weighted by molar-refractivity contribution is 0.215. The van der Waals surface area contributed by atoms with Crippen LogP contribution in [0.4, 0.5) is 0 Å². The molecule has 1 aliphatic rings. The summed E-state index contributed by atoms with van der Waals surface area (Å²) in [6.07, 6.45) is 8.94. The predicted molar refractivity (Wildman–Crippen MR) is 47.5 cm³/mol. The zero-order valence-electron chi connectivity index (χ0n) is 7.34. The first-order valence-corrected chi connectivity index (χ1v) is 4.23. The maximum absolute atomic E-state index is 5.11. The van der Waals surface area contributed by atoms with E-state index in [9.17, 15) is 0 Å². The lowest BCUT2D eigenvalue weighted by Gasteiger charge is -2.18. The van der Waals surface area contributed by atoms with E-state index in [1.165, 1.54) is 18.4 Å². The normalized spacial score (nSPS) is 23.5. The van der Waals surface area contributed by atoms with Gasteiger partial charge in [-0.1, -0.05) is 25.2 Å². The van der Waals surface area contributed by atoms with E-state index in [0.29, 0.717) is 0 Å². The van der Waals surface area contributed by atoms with Crippen molar-refractivity contribution in [2.45, 2.75) is 19.8 Å². The number of allylic oxidation sites excluding steroid dienone is 3. The topological polar surface area (TPSA) is 9.23 Å². The summed E-state index contributed by atoms with van der Waals surface area (Å²) in [7, 11) is 1.76. The minimum Gasteiger partial charge on any atom is -0.380 e. The van der Waals surface area contributed by atoms with Crippen LogP contribution in [0, 0.1) is 5.92 Å². The molecule has 0 aromatic rings. The molecule has 0 amide bonds. The third-order valence-electron chi connectivity index (χ3n) is 2.20. The van der Waals surface area contributed by atoms with Crippen LogP contribution in [0.15, 0.2) is 23.8 Å². The average Bonchev–Trinajstić information content (AvgIpc) is 2.06. The first-order chi connectivity index (χ1) is 5.38. The Bertz CT molecular complexity index is 168. The quantitative estimate of drug-likeness (QED) is 0.604. The van der Waals surface area contributed by atoms with Crippen molar-refractivity contribution in [3.8, 4) is 0 Å². The van der Waals surface area contributed by atoms with Crippen molar-refractivity contribution >= 4 is 0 Å². The third-order valence-corrected chi connectivity index (χ3v) is 2.20. The van der Waals surface area contributed by atoms with Gasteiger partial charge in [-0.2, -0.15) is 0 Å². The molecule has 0 saturated heterocycles. The molecule has 0 aromatic carbocycles. The van der Waals surface area contributed by atoms with E-state index in [1.54, 1.807) is 7.11 Å². The largest absolute Gasteiger partial charge is 0.380 e. The highest BCUT2D eigenvalue weighted by atomic mass is 16.5. The molecule has 0 heterocycles. The van der Waals surface area contributed by atoms with E-state index in [2.05, 4.69) is 25.2 Å². The minimum atomic E-state index is 0.722. The summed E-state index contributed by atoms with van der Waals surface area (Å²) in [5, 5.41) is 0. The third kappa shape index (κ3) is 2.19. The zero-order valence-corrected chi connectivity index (χ0v) is 7.34. The van der Waals surface area contributed by atoms with Crippen molar-refractivity contribution in [2.75, 3.05) is 13.7 Å². The van der Waals surface area contributed by atoms with Gasteiger partial charge in [-0.25, -0.2) is 0 Å². The lowest BCUT2D eigenvalue weighted by Crippen LogP contribution is -2.09. The van der Waals surface area contributed by atoms with Gasteiger partial charge in [-0.15, -0.1) is 0 Å². The van der Waals surface area contributed by atoms with Gasteiger partial charge in [0, 0.05) is 7.11 Å². The average molecular weight is 152 g/mol. The lowest BCUT2D eigenvalue weighted by atomic mass is 9.90. The minimum absolute atomic E-state index is 0.722. The van der Waals surface area contributed by atoms with E-state index in [0.717, 1.165) is 12.5 Å². The van der Waals surface area contributed by atoms with Crippen molar-refractivity contribution in [1.29, 1.82) is 0 Å². The highest BCUT2D eigenvalue weighted by Crippen LogP contribution is 2.23. The summed E-state index contributed by atoms with van der Waals surface area (Å²) in [4.78, 5) is 0. The summed E-state index contributed by atoms with van der Waals surface area (Å²) in [6.45, 7) is 3.02. The van der Waals surface area contributed by atoms with Crippen molar-refractivity contribution in [3.05, 3.63) is 23.8 Å². The molecule has 0 aromatic heterocycles. The van der Waals surface area contributed by atoms with Crippen LogP contribution < -0.4 is 0 Å². The maximum Gasteiger partial charge on any atom is 0.0678 e. The van der Waals surface area contributed by atoms with Crippen LogP contribution in [0.5, 0.6) is 0 Å². The van der Waals surface area contributed by atoms with Crippen LogP contribution >= 0.6 is 0 Å². The van der Waals surface area contributed by atoms with E-state index in [4.69, 9.17) is 4.74 Å². The number of ether oxygens (including phenoxy) is 1. The maximum atomic E-state index is 5.11. The van der Waals surface area contributed by atoms with E-state index >= 15 is 0 Å². The number of hydrogen-bond acceptors (Lipinski definition) is 1. The second-order valence-corrected chi connectivity index (χ2v) is 2.94. The second-order valence-electron chi connectivity index (χ2n) is 2.94. The Morgan fingerprint density at radius 3 is 3.09 bits per heavy atom. The fourth-order valence-corrected chi connectivity index (χ4v) is 1.48. The Labute approximate surface area is 68.8 Å². The fraction of sp³-hybridized carbons (Fsp3) is 0.600. The summed E-state index contributed by atoms with van der Waals surface area (Å²) in [5.41, 5.74) is 1.44. The molecule has 0 aliphatic heterocycles. The van der Waals surface area contributed by atoms with Gasteiger partial charge < -0.3 is 4.74 Å². The van der Waals surface area contributed by atoms with Crippen molar-refractivity contribution < 1.29 is 4.74 Å². The monoisotopic (exact) mass is 152 g/mol. The Hall–Kier alpha value is -0.560. The van der Waals surface area contributed by atoms with Crippen LogP contribution in [-0.2, 0) is 4.74 Å². The summed E-state index contributed by atoms with van der Waals surface area (Å²) in [6, 6.07) is 0. The van der Waals surface area contributed by atoms with Gasteiger partial charge in [-0.05, 0) is 24.3 Å². The molecule has 0 spiro atoms. The molecule has 62 valence electrons. The van der Waals surface area contributed by atoms with Gasteiger partial charge in [0.15, 0.2) is 0 Å². The predicted octanol–water partition coefficient (Wildman–Crippen LogP) is 2.55. The summed E-state index contributed by atoms with van der Waals surface area (Å²) >= 11 is 0. The van der Waals surface area contributed by atoms with Gasteiger partial charge in [-0.3, -0.25) is 0 Å². The highest BCUT2D eigenvalue weighted by Gasteiger charge is 2.11.